The highest BCUT2D eigenvalue weighted by Gasteiger charge is 2.19. The fourth-order valence-corrected chi connectivity index (χ4v) is 3.94. The number of nitrogens with zero attached hydrogens (tertiary/aromatic N) is 6. The zero-order valence-electron chi connectivity index (χ0n) is 18.9. The molecule has 4 heterocycles. The number of rotatable bonds is 7. The normalized spacial score (nSPS) is 14.6. The Labute approximate surface area is 192 Å². The zero-order chi connectivity index (χ0) is 22.6. The molecule has 1 aromatic carbocycles. The van der Waals surface area contributed by atoms with Crippen LogP contribution in [0.5, 0.6) is 0 Å². The molecule has 5 rings (SSSR count). The predicted octanol–water partition coefficient (Wildman–Crippen LogP) is 3.91. The number of ether oxygens (including phenoxy) is 1. The lowest BCUT2D eigenvalue weighted by Gasteiger charge is -2.23. The van der Waals surface area contributed by atoms with Crippen molar-refractivity contribution in [2.45, 2.75) is 45.2 Å². The molecule has 2 N–H and O–H groups in total. The van der Waals surface area contributed by atoms with Crippen LogP contribution in [0, 0.1) is 0 Å². The minimum absolute atomic E-state index is 0.313. The van der Waals surface area contributed by atoms with E-state index in [1.165, 1.54) is 0 Å². The fraction of sp³-hybridized carbons (Fsp3) is 0.375. The van der Waals surface area contributed by atoms with Gasteiger partial charge in [0.2, 0.25) is 11.9 Å². The Hall–Kier alpha value is -3.59. The molecule has 170 valence electrons. The van der Waals surface area contributed by atoms with Gasteiger partial charge in [-0.05, 0) is 36.5 Å². The summed E-state index contributed by atoms with van der Waals surface area (Å²) in [5, 5.41) is 19.6. The maximum absolute atomic E-state index is 5.48. The average Bonchev–Trinajstić information content (AvgIpc) is 3.29. The van der Waals surface area contributed by atoms with Gasteiger partial charge in [-0.1, -0.05) is 38.1 Å². The van der Waals surface area contributed by atoms with Crippen LogP contribution in [-0.2, 0) is 11.3 Å². The molecular formula is C24H28N8O. The predicted molar refractivity (Wildman–Crippen MR) is 127 cm³/mol. The van der Waals surface area contributed by atoms with Gasteiger partial charge in [0.1, 0.15) is 0 Å². The first kappa shape index (κ1) is 21.3. The minimum Gasteiger partial charge on any atom is -0.381 e. The first-order chi connectivity index (χ1) is 16.2. The molecule has 0 bridgehead atoms. The summed E-state index contributed by atoms with van der Waals surface area (Å²) >= 11 is 0. The van der Waals surface area contributed by atoms with E-state index in [-0.39, 0.29) is 0 Å². The van der Waals surface area contributed by atoms with E-state index in [0.717, 1.165) is 54.1 Å². The van der Waals surface area contributed by atoms with Gasteiger partial charge in [-0.2, -0.15) is 29.8 Å². The van der Waals surface area contributed by atoms with Gasteiger partial charge in [0.05, 0.1) is 11.9 Å². The van der Waals surface area contributed by atoms with Crippen LogP contribution < -0.4 is 10.6 Å². The third-order valence-corrected chi connectivity index (χ3v) is 5.84. The summed E-state index contributed by atoms with van der Waals surface area (Å²) < 4.78 is 7.27. The lowest BCUT2D eigenvalue weighted by molar-refractivity contribution is 0.0903. The highest BCUT2D eigenvalue weighted by atomic mass is 16.5. The largest absolute Gasteiger partial charge is 0.381 e. The lowest BCUT2D eigenvalue weighted by Crippen LogP contribution is -2.29. The molecule has 9 nitrogen and oxygen atoms in total. The molecule has 0 radical (unpaired) electrons. The van der Waals surface area contributed by atoms with Crippen molar-refractivity contribution in [3.05, 3.63) is 59.9 Å². The van der Waals surface area contributed by atoms with Crippen LogP contribution in [0.15, 0.2) is 48.8 Å². The van der Waals surface area contributed by atoms with Gasteiger partial charge in [0.25, 0.3) is 0 Å². The Morgan fingerprint density at radius 2 is 1.91 bits per heavy atom. The van der Waals surface area contributed by atoms with Crippen molar-refractivity contribution in [3.8, 4) is 11.3 Å². The second kappa shape index (κ2) is 9.50. The van der Waals surface area contributed by atoms with E-state index in [1.54, 1.807) is 10.7 Å². The Bertz CT molecular complexity index is 1200. The van der Waals surface area contributed by atoms with Gasteiger partial charge in [-0.15, -0.1) is 0 Å². The van der Waals surface area contributed by atoms with Crippen LogP contribution in [0.25, 0.3) is 16.9 Å². The van der Waals surface area contributed by atoms with Crippen molar-refractivity contribution >= 4 is 17.5 Å². The fourth-order valence-electron chi connectivity index (χ4n) is 3.94. The van der Waals surface area contributed by atoms with E-state index in [2.05, 4.69) is 64.0 Å². The molecule has 4 aromatic rings. The van der Waals surface area contributed by atoms with Crippen molar-refractivity contribution in [2.75, 3.05) is 23.8 Å². The monoisotopic (exact) mass is 444 g/mol. The van der Waals surface area contributed by atoms with E-state index >= 15 is 0 Å². The molecular weight excluding hydrogens is 416 g/mol. The Balaban J connectivity index is 1.38. The molecule has 33 heavy (non-hydrogen) atoms. The van der Waals surface area contributed by atoms with E-state index < -0.39 is 0 Å². The maximum atomic E-state index is 5.48. The molecule has 0 spiro atoms. The third kappa shape index (κ3) is 4.78. The standard InChI is InChI=1S/C24H28N8O/c1-16(2)20-15-27-32-22(20)29-23(28-19-9-12-33-13-10-19)30-24(32)25-14-17-5-7-18(8-6-17)21-4-3-11-26-31-21/h3-8,11,15-16,19H,9-10,12-14H2,1-2H3,(H2,25,28,29,30). The first-order valence-corrected chi connectivity index (χ1v) is 11.4. The number of hydrogen-bond donors (Lipinski definition) is 2. The molecule has 0 unspecified atom stereocenters. The van der Waals surface area contributed by atoms with E-state index in [4.69, 9.17) is 14.7 Å². The molecule has 9 heteroatoms. The van der Waals surface area contributed by atoms with Gasteiger partial charge in [0.15, 0.2) is 5.65 Å². The quantitative estimate of drug-likeness (QED) is 0.442. The number of nitrogens with one attached hydrogen (secondary N) is 2. The van der Waals surface area contributed by atoms with E-state index in [1.807, 2.05) is 18.3 Å². The zero-order valence-corrected chi connectivity index (χ0v) is 18.9. The topological polar surface area (TPSA) is 102 Å². The van der Waals surface area contributed by atoms with Crippen LogP contribution in [0.1, 0.15) is 43.7 Å². The van der Waals surface area contributed by atoms with E-state index in [0.29, 0.717) is 30.4 Å². The molecule has 1 fully saturated rings. The highest BCUT2D eigenvalue weighted by Crippen LogP contribution is 2.23. The Morgan fingerprint density at radius 1 is 1.09 bits per heavy atom. The molecule has 3 aromatic heterocycles. The Morgan fingerprint density at radius 3 is 2.64 bits per heavy atom. The Kier molecular flexibility index (Phi) is 6.12. The third-order valence-electron chi connectivity index (χ3n) is 5.84. The molecule has 0 saturated carbocycles. The SMILES string of the molecule is CC(C)c1cnn2c(NCc3ccc(-c4cccnn4)cc3)nc(NC3CCOCC3)nc12. The first-order valence-electron chi connectivity index (χ1n) is 11.4. The van der Waals surface area contributed by atoms with Crippen molar-refractivity contribution in [3.63, 3.8) is 0 Å². The summed E-state index contributed by atoms with van der Waals surface area (Å²) in [7, 11) is 0. The number of benzene rings is 1. The molecule has 1 aliphatic heterocycles. The van der Waals surface area contributed by atoms with Crippen LogP contribution in [-0.4, -0.2) is 49.0 Å². The van der Waals surface area contributed by atoms with Crippen LogP contribution >= 0.6 is 0 Å². The van der Waals surface area contributed by atoms with E-state index in [9.17, 15) is 0 Å². The second-order valence-corrected chi connectivity index (χ2v) is 8.55. The number of hydrogen-bond acceptors (Lipinski definition) is 8. The average molecular weight is 445 g/mol. The van der Waals surface area contributed by atoms with Crippen molar-refractivity contribution in [2.24, 2.45) is 0 Å². The molecule has 1 saturated heterocycles. The van der Waals surface area contributed by atoms with Crippen molar-refractivity contribution in [1.29, 1.82) is 0 Å². The summed E-state index contributed by atoms with van der Waals surface area (Å²) in [5.74, 6) is 1.60. The maximum Gasteiger partial charge on any atom is 0.229 e. The van der Waals surface area contributed by atoms with Crippen LogP contribution in [0.4, 0.5) is 11.9 Å². The highest BCUT2D eigenvalue weighted by molar-refractivity contribution is 5.59. The van der Waals surface area contributed by atoms with Gasteiger partial charge in [-0.3, -0.25) is 0 Å². The summed E-state index contributed by atoms with van der Waals surface area (Å²) in [4.78, 5) is 9.55. The minimum atomic E-state index is 0.313. The van der Waals surface area contributed by atoms with Crippen molar-refractivity contribution < 1.29 is 4.74 Å². The smallest absolute Gasteiger partial charge is 0.229 e. The van der Waals surface area contributed by atoms with Crippen LogP contribution in [0.2, 0.25) is 0 Å². The molecule has 1 aliphatic rings. The van der Waals surface area contributed by atoms with Gasteiger partial charge < -0.3 is 15.4 Å². The number of fused-ring (bicyclic) bond motifs is 1. The number of anilines is 2. The second-order valence-electron chi connectivity index (χ2n) is 8.55. The van der Waals surface area contributed by atoms with Crippen molar-refractivity contribution in [1.82, 2.24) is 29.8 Å². The lowest BCUT2D eigenvalue weighted by atomic mass is 10.1. The van der Waals surface area contributed by atoms with Gasteiger partial charge in [0, 0.05) is 43.1 Å². The van der Waals surface area contributed by atoms with Gasteiger partial charge >= 0.3 is 0 Å². The molecule has 0 amide bonds. The summed E-state index contributed by atoms with van der Waals surface area (Å²) in [6.45, 7) is 6.44. The molecule has 0 aliphatic carbocycles. The van der Waals surface area contributed by atoms with Crippen LogP contribution in [0.3, 0.4) is 0 Å². The number of aromatic nitrogens is 6. The summed E-state index contributed by atoms with van der Waals surface area (Å²) in [6.07, 6.45) is 5.46. The summed E-state index contributed by atoms with van der Waals surface area (Å²) in [5.41, 5.74) is 4.95. The van der Waals surface area contributed by atoms with Gasteiger partial charge in [-0.25, -0.2) is 0 Å². The summed E-state index contributed by atoms with van der Waals surface area (Å²) in [6, 6.07) is 12.4. The molecule has 0 atom stereocenters.